The Kier molecular flexibility index (Phi) is 3.30. The number of hydrogen-bond acceptors (Lipinski definition) is 4. The van der Waals surface area contributed by atoms with Crippen LogP contribution < -0.4 is 5.32 Å². The Balaban J connectivity index is 1.98. The molecule has 3 nitrogen and oxygen atoms in total. The molecule has 2 rings (SSSR count). The second-order valence-corrected chi connectivity index (χ2v) is 4.63. The van der Waals surface area contributed by atoms with Crippen molar-refractivity contribution in [3.05, 3.63) is 38.8 Å². The van der Waals surface area contributed by atoms with E-state index in [2.05, 4.69) is 61.8 Å². The molecule has 14 heavy (non-hydrogen) atoms. The summed E-state index contributed by atoms with van der Waals surface area (Å²) in [6, 6.07) is 8.37. The molecule has 0 fully saturated rings. The minimum absolute atomic E-state index is 0.794. The highest BCUT2D eigenvalue weighted by molar-refractivity contribution is 14.1. The lowest BCUT2D eigenvalue weighted by Crippen LogP contribution is -1.99. The summed E-state index contributed by atoms with van der Waals surface area (Å²) in [6.07, 6.45) is 0. The first kappa shape index (κ1) is 9.85. The van der Waals surface area contributed by atoms with E-state index in [1.165, 1.54) is 20.7 Å². The summed E-state index contributed by atoms with van der Waals surface area (Å²) < 4.78 is 5.03. The molecule has 1 aromatic carbocycles. The molecule has 72 valence electrons. The molecule has 0 aliphatic rings. The van der Waals surface area contributed by atoms with Crippen LogP contribution in [-0.2, 0) is 6.54 Å². The van der Waals surface area contributed by atoms with E-state index in [1.54, 1.807) is 0 Å². The molecule has 0 atom stereocenters. The second-order valence-electron chi connectivity index (χ2n) is 2.77. The van der Waals surface area contributed by atoms with E-state index >= 15 is 0 Å². The molecule has 0 unspecified atom stereocenters. The molecule has 5 heteroatoms. The van der Waals surface area contributed by atoms with Gasteiger partial charge in [-0.05, 0) is 51.8 Å². The minimum Gasteiger partial charge on any atom is -0.364 e. The topological polar surface area (TPSA) is 37.8 Å². The summed E-state index contributed by atoms with van der Waals surface area (Å²) in [5, 5.41) is 9.01. The zero-order chi connectivity index (χ0) is 9.80. The molecule has 0 aliphatic heterocycles. The van der Waals surface area contributed by atoms with Gasteiger partial charge < -0.3 is 5.32 Å². The Morgan fingerprint density at radius 3 is 3.07 bits per heavy atom. The van der Waals surface area contributed by atoms with Gasteiger partial charge in [0.15, 0.2) is 5.82 Å². The summed E-state index contributed by atoms with van der Waals surface area (Å²) >= 11 is 3.66. The van der Waals surface area contributed by atoms with E-state index in [-0.39, 0.29) is 0 Å². The zero-order valence-electron chi connectivity index (χ0n) is 7.27. The number of anilines is 1. The van der Waals surface area contributed by atoms with Crippen molar-refractivity contribution in [2.45, 2.75) is 6.54 Å². The predicted octanol–water partition coefficient (Wildman–Crippen LogP) is 2.75. The first-order valence-corrected chi connectivity index (χ1v) is 6.01. The minimum atomic E-state index is 0.794. The zero-order valence-corrected chi connectivity index (χ0v) is 10.2. The molecule has 0 radical (unpaired) electrons. The van der Waals surface area contributed by atoms with Crippen LogP contribution in [0.5, 0.6) is 0 Å². The van der Waals surface area contributed by atoms with E-state index in [1.807, 2.05) is 5.38 Å². The molecule has 0 saturated heterocycles. The lowest BCUT2D eigenvalue weighted by Gasteiger charge is -2.02. The molecule has 0 spiro atoms. The normalized spacial score (nSPS) is 10.1. The van der Waals surface area contributed by atoms with Gasteiger partial charge in [0.2, 0.25) is 0 Å². The standard InChI is InChI=1S/C9H8IN3S/c10-8-3-1-2-7(4-8)5-11-9-6-14-13-12-9/h1-4,6,11H,5H2. The lowest BCUT2D eigenvalue weighted by molar-refractivity contribution is 1.07. The van der Waals surface area contributed by atoms with Gasteiger partial charge in [0.05, 0.1) is 5.38 Å². The van der Waals surface area contributed by atoms with Crippen molar-refractivity contribution in [1.82, 2.24) is 9.59 Å². The first-order chi connectivity index (χ1) is 6.84. The molecule has 0 bridgehead atoms. The quantitative estimate of drug-likeness (QED) is 0.885. The average molecular weight is 317 g/mol. The molecule has 1 aromatic heterocycles. The SMILES string of the molecule is Ic1cccc(CNc2csnn2)c1. The number of nitrogens with one attached hydrogen (secondary N) is 1. The fraction of sp³-hybridized carbons (Fsp3) is 0.111. The molecule has 0 aliphatic carbocycles. The molecule has 0 amide bonds. The molecular formula is C9H8IN3S. The maximum atomic E-state index is 3.91. The van der Waals surface area contributed by atoms with Gasteiger partial charge in [-0.2, -0.15) is 0 Å². The van der Waals surface area contributed by atoms with Crippen LogP contribution in [0, 0.1) is 3.57 Å². The highest BCUT2D eigenvalue weighted by Gasteiger charge is 1.96. The number of benzene rings is 1. The average Bonchev–Trinajstić information content (AvgIpc) is 2.67. The second kappa shape index (κ2) is 4.70. The number of halogens is 1. The predicted molar refractivity (Wildman–Crippen MR) is 66.4 cm³/mol. The molecule has 1 heterocycles. The van der Waals surface area contributed by atoms with Gasteiger partial charge in [0.1, 0.15) is 0 Å². The van der Waals surface area contributed by atoms with Crippen molar-refractivity contribution in [3.8, 4) is 0 Å². The summed E-state index contributed by atoms with van der Waals surface area (Å²) in [5.74, 6) is 0.842. The van der Waals surface area contributed by atoms with Crippen LogP contribution >= 0.6 is 34.1 Å². The van der Waals surface area contributed by atoms with Gasteiger partial charge in [-0.25, -0.2) is 0 Å². The largest absolute Gasteiger partial charge is 0.364 e. The fourth-order valence-corrected chi connectivity index (χ4v) is 2.10. The van der Waals surface area contributed by atoms with Crippen molar-refractivity contribution in [2.75, 3.05) is 5.32 Å². The van der Waals surface area contributed by atoms with Crippen molar-refractivity contribution in [1.29, 1.82) is 0 Å². The molecule has 1 N–H and O–H groups in total. The van der Waals surface area contributed by atoms with Crippen molar-refractivity contribution in [3.63, 3.8) is 0 Å². The Morgan fingerprint density at radius 2 is 2.36 bits per heavy atom. The lowest BCUT2D eigenvalue weighted by atomic mass is 10.2. The van der Waals surface area contributed by atoms with E-state index < -0.39 is 0 Å². The van der Waals surface area contributed by atoms with Gasteiger partial charge in [-0.1, -0.05) is 16.6 Å². The van der Waals surface area contributed by atoms with E-state index in [0.29, 0.717) is 0 Å². The smallest absolute Gasteiger partial charge is 0.161 e. The molecular weight excluding hydrogens is 309 g/mol. The highest BCUT2D eigenvalue weighted by Crippen LogP contribution is 2.10. The summed E-state index contributed by atoms with van der Waals surface area (Å²) in [6.45, 7) is 0.794. The van der Waals surface area contributed by atoms with Crippen LogP contribution in [0.1, 0.15) is 5.56 Å². The number of nitrogens with zero attached hydrogens (tertiary/aromatic N) is 2. The maximum absolute atomic E-state index is 3.91. The van der Waals surface area contributed by atoms with Crippen LogP contribution in [0.2, 0.25) is 0 Å². The third kappa shape index (κ3) is 2.65. The van der Waals surface area contributed by atoms with Gasteiger partial charge in [-0.15, -0.1) is 5.10 Å². The summed E-state index contributed by atoms with van der Waals surface area (Å²) in [5.41, 5.74) is 1.25. The van der Waals surface area contributed by atoms with Crippen molar-refractivity contribution < 1.29 is 0 Å². The van der Waals surface area contributed by atoms with Gasteiger partial charge >= 0.3 is 0 Å². The van der Waals surface area contributed by atoms with Crippen molar-refractivity contribution >= 4 is 39.9 Å². The van der Waals surface area contributed by atoms with E-state index in [4.69, 9.17) is 0 Å². The summed E-state index contributed by atoms with van der Waals surface area (Å²) in [4.78, 5) is 0. The Hall–Kier alpha value is -0.690. The Morgan fingerprint density at radius 1 is 1.43 bits per heavy atom. The number of hydrogen-bond donors (Lipinski definition) is 1. The number of aromatic nitrogens is 2. The first-order valence-electron chi connectivity index (χ1n) is 4.10. The third-order valence-corrected chi connectivity index (χ3v) is 2.90. The van der Waals surface area contributed by atoms with Crippen molar-refractivity contribution in [2.24, 2.45) is 0 Å². The van der Waals surface area contributed by atoms with Gasteiger partial charge in [0.25, 0.3) is 0 Å². The van der Waals surface area contributed by atoms with Crippen LogP contribution in [0.3, 0.4) is 0 Å². The van der Waals surface area contributed by atoms with Gasteiger partial charge in [-0.3, -0.25) is 0 Å². The highest BCUT2D eigenvalue weighted by atomic mass is 127. The van der Waals surface area contributed by atoms with Crippen LogP contribution in [0.25, 0.3) is 0 Å². The van der Waals surface area contributed by atoms with Crippen LogP contribution in [0.15, 0.2) is 29.6 Å². The maximum Gasteiger partial charge on any atom is 0.161 e. The van der Waals surface area contributed by atoms with E-state index in [0.717, 1.165) is 12.4 Å². The molecule has 0 saturated carbocycles. The number of rotatable bonds is 3. The third-order valence-electron chi connectivity index (χ3n) is 1.72. The van der Waals surface area contributed by atoms with E-state index in [9.17, 15) is 0 Å². The monoisotopic (exact) mass is 317 g/mol. The fourth-order valence-electron chi connectivity index (χ4n) is 1.08. The Labute approximate surface area is 99.9 Å². The van der Waals surface area contributed by atoms with Crippen LogP contribution in [-0.4, -0.2) is 9.59 Å². The molecule has 2 aromatic rings. The summed E-state index contributed by atoms with van der Waals surface area (Å²) in [7, 11) is 0. The van der Waals surface area contributed by atoms with Gasteiger partial charge in [0, 0.05) is 10.1 Å². The Bertz CT molecular complexity index is 402. The van der Waals surface area contributed by atoms with Crippen LogP contribution in [0.4, 0.5) is 5.82 Å².